The third-order valence-electron chi connectivity index (χ3n) is 4.68. The number of carbonyl (C=O) groups is 2. The van der Waals surface area contributed by atoms with Gasteiger partial charge in [0.25, 0.3) is 0 Å². The number of anilines is 1. The zero-order valence-corrected chi connectivity index (χ0v) is 16.8. The summed E-state index contributed by atoms with van der Waals surface area (Å²) in [6.45, 7) is 0.909. The molecular formula is C18H27BrClN3O2. The normalized spacial score (nSPS) is 15.8. The second-order valence-electron chi connectivity index (χ2n) is 6.60. The van der Waals surface area contributed by atoms with E-state index in [0.717, 1.165) is 35.8 Å². The Bertz CT molecular complexity index is 560. The lowest BCUT2D eigenvalue weighted by Gasteiger charge is -2.35. The highest BCUT2D eigenvalue weighted by Crippen LogP contribution is 2.38. The van der Waals surface area contributed by atoms with Gasteiger partial charge in [0.05, 0.1) is 0 Å². The van der Waals surface area contributed by atoms with Crippen molar-refractivity contribution in [3.63, 3.8) is 0 Å². The van der Waals surface area contributed by atoms with Crippen LogP contribution in [-0.2, 0) is 9.59 Å². The molecule has 0 aliphatic heterocycles. The molecule has 0 heterocycles. The van der Waals surface area contributed by atoms with Gasteiger partial charge in [0, 0.05) is 29.5 Å². The lowest BCUT2D eigenvalue weighted by molar-refractivity contribution is -0.124. The highest BCUT2D eigenvalue weighted by atomic mass is 79.9. The Morgan fingerprint density at radius 2 is 1.72 bits per heavy atom. The Morgan fingerprint density at radius 1 is 1.08 bits per heavy atom. The van der Waals surface area contributed by atoms with Crippen LogP contribution >= 0.6 is 28.3 Å². The van der Waals surface area contributed by atoms with Crippen molar-refractivity contribution in [3.8, 4) is 0 Å². The van der Waals surface area contributed by atoms with Gasteiger partial charge in [-0.25, -0.2) is 0 Å². The van der Waals surface area contributed by atoms with Crippen molar-refractivity contribution < 1.29 is 9.59 Å². The van der Waals surface area contributed by atoms with Crippen molar-refractivity contribution in [1.82, 2.24) is 5.32 Å². The zero-order chi connectivity index (χ0) is 17.4. The highest BCUT2D eigenvalue weighted by molar-refractivity contribution is 9.10. The molecule has 0 saturated heterocycles. The lowest BCUT2D eigenvalue weighted by atomic mass is 9.71. The summed E-state index contributed by atoms with van der Waals surface area (Å²) in [6, 6.07) is 7.39. The average molecular weight is 433 g/mol. The average Bonchev–Trinajstić information content (AvgIpc) is 2.58. The molecule has 5 nitrogen and oxygen atoms in total. The number of benzene rings is 1. The molecule has 1 aromatic rings. The molecule has 2 rings (SSSR count). The number of hydrogen-bond acceptors (Lipinski definition) is 3. The quantitative estimate of drug-likeness (QED) is 0.615. The highest BCUT2D eigenvalue weighted by Gasteiger charge is 2.32. The van der Waals surface area contributed by atoms with Crippen LogP contribution in [0.15, 0.2) is 28.7 Å². The van der Waals surface area contributed by atoms with Gasteiger partial charge in [-0.3, -0.25) is 9.59 Å². The third-order valence-corrected chi connectivity index (χ3v) is 5.21. The number of hydrogen-bond donors (Lipinski definition) is 3. The minimum Gasteiger partial charge on any atom is -0.356 e. The van der Waals surface area contributed by atoms with E-state index < -0.39 is 0 Å². The van der Waals surface area contributed by atoms with E-state index in [9.17, 15) is 9.59 Å². The first kappa shape index (κ1) is 21.9. The van der Waals surface area contributed by atoms with E-state index in [4.69, 9.17) is 5.73 Å². The van der Waals surface area contributed by atoms with E-state index in [2.05, 4.69) is 26.6 Å². The smallest absolute Gasteiger partial charge is 0.226 e. The summed E-state index contributed by atoms with van der Waals surface area (Å²) >= 11 is 3.35. The van der Waals surface area contributed by atoms with Gasteiger partial charge in [0.2, 0.25) is 11.8 Å². The van der Waals surface area contributed by atoms with Gasteiger partial charge in [0.1, 0.15) is 0 Å². The summed E-state index contributed by atoms with van der Waals surface area (Å²) in [4.78, 5) is 24.0. The van der Waals surface area contributed by atoms with Gasteiger partial charge in [-0.15, -0.1) is 12.4 Å². The first-order valence-electron chi connectivity index (χ1n) is 8.55. The summed E-state index contributed by atoms with van der Waals surface area (Å²) in [5.41, 5.74) is 6.62. The standard InChI is InChI=1S/C18H26BrN3O2.ClH/c19-14-4-6-15(7-5-14)22-16(23)8-11-21-17(24)12-18(13-20)9-2-1-3-10-18;/h4-7H,1-3,8-13,20H2,(H,21,24)(H,22,23);1H. The molecule has 1 aromatic carbocycles. The van der Waals surface area contributed by atoms with Gasteiger partial charge < -0.3 is 16.4 Å². The molecule has 140 valence electrons. The number of amides is 2. The van der Waals surface area contributed by atoms with Crippen LogP contribution in [0.2, 0.25) is 0 Å². The molecule has 0 unspecified atom stereocenters. The molecule has 1 saturated carbocycles. The Kier molecular flexibility index (Phi) is 9.46. The molecule has 0 radical (unpaired) electrons. The van der Waals surface area contributed by atoms with Crippen LogP contribution in [0.4, 0.5) is 5.69 Å². The van der Waals surface area contributed by atoms with Crippen LogP contribution in [0.25, 0.3) is 0 Å². The fourth-order valence-corrected chi connectivity index (χ4v) is 3.49. The molecule has 4 N–H and O–H groups in total. The Labute approximate surface area is 164 Å². The Hall–Kier alpha value is -1.11. The largest absolute Gasteiger partial charge is 0.356 e. The first-order valence-corrected chi connectivity index (χ1v) is 9.34. The molecule has 0 spiro atoms. The second kappa shape index (κ2) is 10.8. The first-order chi connectivity index (χ1) is 11.5. The van der Waals surface area contributed by atoms with Crippen molar-refractivity contribution in [1.29, 1.82) is 0 Å². The number of carbonyl (C=O) groups excluding carboxylic acids is 2. The lowest BCUT2D eigenvalue weighted by Crippen LogP contribution is -2.39. The van der Waals surface area contributed by atoms with Crippen molar-refractivity contribution in [2.75, 3.05) is 18.4 Å². The summed E-state index contributed by atoms with van der Waals surface area (Å²) in [5.74, 6) is -0.109. The van der Waals surface area contributed by atoms with E-state index in [0.29, 0.717) is 19.5 Å². The molecular weight excluding hydrogens is 406 g/mol. The maximum atomic E-state index is 12.1. The van der Waals surface area contributed by atoms with Crippen LogP contribution in [0.1, 0.15) is 44.9 Å². The summed E-state index contributed by atoms with van der Waals surface area (Å²) in [7, 11) is 0. The topological polar surface area (TPSA) is 84.2 Å². The molecule has 25 heavy (non-hydrogen) atoms. The van der Waals surface area contributed by atoms with E-state index in [-0.39, 0.29) is 36.1 Å². The molecule has 0 aromatic heterocycles. The van der Waals surface area contributed by atoms with Crippen molar-refractivity contribution in [2.45, 2.75) is 44.9 Å². The van der Waals surface area contributed by atoms with Crippen molar-refractivity contribution in [2.24, 2.45) is 11.1 Å². The zero-order valence-electron chi connectivity index (χ0n) is 14.4. The molecule has 7 heteroatoms. The van der Waals surface area contributed by atoms with E-state index in [1.165, 1.54) is 6.42 Å². The van der Waals surface area contributed by atoms with Gasteiger partial charge in [0.15, 0.2) is 0 Å². The maximum absolute atomic E-state index is 12.1. The van der Waals surface area contributed by atoms with Crippen LogP contribution in [0.3, 0.4) is 0 Å². The number of nitrogens with one attached hydrogen (secondary N) is 2. The van der Waals surface area contributed by atoms with Crippen LogP contribution in [0, 0.1) is 5.41 Å². The van der Waals surface area contributed by atoms with Gasteiger partial charge >= 0.3 is 0 Å². The molecule has 0 bridgehead atoms. The Morgan fingerprint density at radius 3 is 2.32 bits per heavy atom. The van der Waals surface area contributed by atoms with Crippen LogP contribution < -0.4 is 16.4 Å². The van der Waals surface area contributed by atoms with Crippen molar-refractivity contribution in [3.05, 3.63) is 28.7 Å². The minimum atomic E-state index is -0.108. The predicted octanol–water partition coefficient (Wildman–Crippen LogP) is 3.62. The molecule has 1 aliphatic rings. The fourth-order valence-electron chi connectivity index (χ4n) is 3.23. The fraction of sp³-hybridized carbons (Fsp3) is 0.556. The number of nitrogens with two attached hydrogens (primary N) is 1. The molecule has 2 amide bonds. The van der Waals surface area contributed by atoms with Gasteiger partial charge in [-0.2, -0.15) is 0 Å². The monoisotopic (exact) mass is 431 g/mol. The third kappa shape index (κ3) is 7.34. The SMILES string of the molecule is Cl.NCC1(CC(=O)NCCC(=O)Nc2ccc(Br)cc2)CCCCC1. The predicted molar refractivity (Wildman–Crippen MR) is 107 cm³/mol. The summed E-state index contributed by atoms with van der Waals surface area (Å²) in [6.07, 6.45) is 6.33. The van der Waals surface area contributed by atoms with Gasteiger partial charge in [-0.1, -0.05) is 35.2 Å². The number of rotatable bonds is 7. The summed E-state index contributed by atoms with van der Waals surface area (Å²) < 4.78 is 0.962. The van der Waals surface area contributed by atoms with E-state index in [1.54, 1.807) is 0 Å². The second-order valence-corrected chi connectivity index (χ2v) is 7.51. The van der Waals surface area contributed by atoms with Gasteiger partial charge in [-0.05, 0) is 49.1 Å². The van der Waals surface area contributed by atoms with E-state index in [1.807, 2.05) is 24.3 Å². The molecule has 0 atom stereocenters. The minimum absolute atomic E-state index is 0. The molecule has 1 fully saturated rings. The molecule has 1 aliphatic carbocycles. The van der Waals surface area contributed by atoms with Crippen LogP contribution in [-0.4, -0.2) is 24.9 Å². The van der Waals surface area contributed by atoms with Crippen LogP contribution in [0.5, 0.6) is 0 Å². The van der Waals surface area contributed by atoms with Crippen molar-refractivity contribution >= 4 is 45.8 Å². The van der Waals surface area contributed by atoms with E-state index >= 15 is 0 Å². The number of halogens is 2. The maximum Gasteiger partial charge on any atom is 0.226 e. The Balaban J connectivity index is 0.00000312. The summed E-state index contributed by atoms with van der Waals surface area (Å²) in [5, 5.41) is 5.66.